The Morgan fingerprint density at radius 2 is 2.07 bits per heavy atom. The van der Waals surface area contributed by atoms with E-state index in [4.69, 9.17) is 15.7 Å². The molecule has 0 saturated carbocycles. The molecule has 1 aliphatic rings. The van der Waals surface area contributed by atoms with E-state index >= 15 is 0 Å². The van der Waals surface area contributed by atoms with Gasteiger partial charge in [0.25, 0.3) is 5.56 Å². The molecule has 1 saturated heterocycles. The molecule has 0 amide bonds. The summed E-state index contributed by atoms with van der Waals surface area (Å²) in [5.41, 5.74) is -1.97. The summed E-state index contributed by atoms with van der Waals surface area (Å²) in [5, 5.41) is 18.6. The van der Waals surface area contributed by atoms with Crippen LogP contribution in [-0.4, -0.2) is 54.4 Å². The number of hydrogen-bond acceptors (Lipinski definition) is 7. The number of halogens is 1. The molecular formula is C19H28FN2O7P. The summed E-state index contributed by atoms with van der Waals surface area (Å²) in [5.74, 6) is 2.21. The van der Waals surface area contributed by atoms with Gasteiger partial charge in [-0.15, -0.1) is 6.42 Å². The largest absolute Gasteiger partial charge is 0.387 e. The molecule has 7 atom stereocenters. The number of aliphatic hydroxyl groups excluding tert-OH is 1. The highest BCUT2D eigenvalue weighted by atomic mass is 31.2. The molecule has 4 unspecified atom stereocenters. The normalized spacial score (nSPS) is 30.1. The van der Waals surface area contributed by atoms with Crippen LogP contribution in [0.2, 0.25) is 0 Å². The van der Waals surface area contributed by atoms with Crippen molar-refractivity contribution in [2.24, 2.45) is 0 Å². The Labute approximate surface area is 174 Å². The van der Waals surface area contributed by atoms with Gasteiger partial charge < -0.3 is 29.4 Å². The van der Waals surface area contributed by atoms with Gasteiger partial charge in [-0.25, -0.2) is 9.37 Å². The van der Waals surface area contributed by atoms with Crippen LogP contribution in [0.1, 0.15) is 64.4 Å². The Morgan fingerprint density at radius 3 is 2.60 bits per heavy atom. The highest BCUT2D eigenvalue weighted by Gasteiger charge is 2.51. The van der Waals surface area contributed by atoms with Crippen LogP contribution in [0.25, 0.3) is 0 Å². The maximum absolute atomic E-state index is 14.8. The minimum absolute atomic E-state index is 0.0233. The Hall–Kier alpha value is -1.60. The molecule has 2 rings (SSSR count). The number of aromatic nitrogens is 2. The third-order valence-corrected chi connectivity index (χ3v) is 7.78. The van der Waals surface area contributed by atoms with E-state index in [0.29, 0.717) is 0 Å². The SMILES string of the molecule is C#Cc1[nH]c(=O)cnc1[C@@H]1O[C@H](CC(C)(CC)OP(=O)(O)C(C)(O)CC)C(O)[C@@H]1F. The highest BCUT2D eigenvalue weighted by molar-refractivity contribution is 7.54. The van der Waals surface area contributed by atoms with Gasteiger partial charge in [0.15, 0.2) is 11.5 Å². The fourth-order valence-corrected chi connectivity index (χ4v) is 4.52. The molecule has 30 heavy (non-hydrogen) atoms. The van der Waals surface area contributed by atoms with E-state index in [1.807, 2.05) is 0 Å². The van der Waals surface area contributed by atoms with Crippen molar-refractivity contribution < 1.29 is 33.3 Å². The predicted octanol–water partition coefficient (Wildman–Crippen LogP) is 1.77. The number of aliphatic hydroxyl groups is 2. The van der Waals surface area contributed by atoms with E-state index in [-0.39, 0.29) is 30.7 Å². The van der Waals surface area contributed by atoms with Crippen LogP contribution in [-0.2, 0) is 13.8 Å². The Morgan fingerprint density at radius 1 is 1.43 bits per heavy atom. The van der Waals surface area contributed by atoms with Crippen LogP contribution < -0.4 is 5.56 Å². The second kappa shape index (κ2) is 8.87. The van der Waals surface area contributed by atoms with E-state index < -0.39 is 48.6 Å². The zero-order chi connectivity index (χ0) is 22.9. The predicted molar refractivity (Wildman–Crippen MR) is 106 cm³/mol. The minimum atomic E-state index is -4.47. The van der Waals surface area contributed by atoms with Gasteiger partial charge in [-0.2, -0.15) is 0 Å². The van der Waals surface area contributed by atoms with Crippen molar-refractivity contribution in [3.05, 3.63) is 27.9 Å². The minimum Gasteiger partial charge on any atom is -0.387 e. The zero-order valence-corrected chi connectivity index (χ0v) is 18.2. The first kappa shape index (κ1) is 24.7. The first-order chi connectivity index (χ1) is 13.8. The Kier molecular flexibility index (Phi) is 7.29. The third kappa shape index (κ3) is 4.83. The Bertz CT molecular complexity index is 915. The lowest BCUT2D eigenvalue weighted by Crippen LogP contribution is -2.39. The van der Waals surface area contributed by atoms with Crippen molar-refractivity contribution in [1.29, 1.82) is 0 Å². The van der Waals surface area contributed by atoms with Crippen LogP contribution >= 0.6 is 7.60 Å². The average Bonchev–Trinajstić information content (AvgIpc) is 2.95. The lowest BCUT2D eigenvalue weighted by molar-refractivity contribution is -0.0537. The number of rotatable bonds is 8. The molecule has 2 heterocycles. The fourth-order valence-electron chi connectivity index (χ4n) is 3.12. The molecule has 11 heteroatoms. The van der Waals surface area contributed by atoms with E-state index in [9.17, 15) is 28.9 Å². The second-order valence-corrected chi connectivity index (χ2v) is 10.1. The van der Waals surface area contributed by atoms with Crippen LogP contribution in [0, 0.1) is 12.3 Å². The van der Waals surface area contributed by atoms with Gasteiger partial charge in [0, 0.05) is 6.42 Å². The molecule has 0 aliphatic carbocycles. The molecule has 1 aromatic heterocycles. The third-order valence-electron chi connectivity index (χ3n) is 5.56. The van der Waals surface area contributed by atoms with Crippen LogP contribution in [0.15, 0.2) is 11.0 Å². The van der Waals surface area contributed by atoms with Gasteiger partial charge in [0.1, 0.15) is 23.6 Å². The summed E-state index contributed by atoms with van der Waals surface area (Å²) in [7, 11) is -4.47. The van der Waals surface area contributed by atoms with Gasteiger partial charge in [-0.05, 0) is 26.7 Å². The fraction of sp³-hybridized carbons (Fsp3) is 0.684. The second-order valence-electron chi connectivity index (χ2n) is 7.87. The number of ether oxygens (including phenoxy) is 1. The molecule has 0 spiro atoms. The molecule has 4 N–H and O–H groups in total. The molecule has 0 aromatic carbocycles. The van der Waals surface area contributed by atoms with Gasteiger partial charge in [-0.3, -0.25) is 9.36 Å². The number of nitrogens with zero attached hydrogens (tertiary/aromatic N) is 1. The first-order valence-corrected chi connectivity index (χ1v) is 11.2. The van der Waals surface area contributed by atoms with E-state index in [0.717, 1.165) is 6.20 Å². The maximum Gasteiger partial charge on any atom is 0.359 e. The number of alkyl halides is 1. The van der Waals surface area contributed by atoms with Gasteiger partial charge in [0.05, 0.1) is 17.9 Å². The molecule has 168 valence electrons. The van der Waals surface area contributed by atoms with Crippen LogP contribution in [0.3, 0.4) is 0 Å². The molecular weight excluding hydrogens is 418 g/mol. The molecule has 1 fully saturated rings. The first-order valence-electron chi connectivity index (χ1n) is 9.60. The van der Waals surface area contributed by atoms with Crippen molar-refractivity contribution >= 4 is 7.60 Å². The number of hydrogen-bond donors (Lipinski definition) is 4. The number of nitrogens with one attached hydrogen (secondary N) is 1. The summed E-state index contributed by atoms with van der Waals surface area (Å²) in [6, 6.07) is 0. The number of H-pyrrole nitrogens is 1. The zero-order valence-electron chi connectivity index (χ0n) is 17.3. The standard InChI is InChI=1S/C19H28FN2O7P/c1-6-11-15(21-10-13(23)22-11)17-14(20)16(24)12(28-17)9-18(4,7-2)29-30(26,27)19(5,25)8-3/h1,10,12,14,16-17,24-25H,7-9H2,2-5H3,(H,22,23)(H,26,27)/t12-,14+,16?,17-,18?,19?/m1/s1. The molecule has 0 bridgehead atoms. The quantitative estimate of drug-likeness (QED) is 0.350. The summed E-state index contributed by atoms with van der Waals surface area (Å²) >= 11 is 0. The summed E-state index contributed by atoms with van der Waals surface area (Å²) in [6.07, 6.45) is 0.394. The van der Waals surface area contributed by atoms with Crippen LogP contribution in [0.5, 0.6) is 0 Å². The molecule has 9 nitrogen and oxygen atoms in total. The van der Waals surface area contributed by atoms with E-state index in [1.54, 1.807) is 6.92 Å². The average molecular weight is 446 g/mol. The van der Waals surface area contributed by atoms with Gasteiger partial charge in [-0.1, -0.05) is 19.8 Å². The topological polar surface area (TPSA) is 142 Å². The smallest absolute Gasteiger partial charge is 0.359 e. The van der Waals surface area contributed by atoms with Crippen molar-refractivity contribution in [2.45, 2.75) is 82.4 Å². The molecule has 1 aromatic rings. The van der Waals surface area contributed by atoms with E-state index in [2.05, 4.69) is 15.9 Å². The summed E-state index contributed by atoms with van der Waals surface area (Å²) < 4.78 is 38.5. The number of aromatic amines is 1. The summed E-state index contributed by atoms with van der Waals surface area (Å²) in [4.78, 5) is 27.9. The van der Waals surface area contributed by atoms with Crippen LogP contribution in [0.4, 0.5) is 4.39 Å². The number of terminal acetylenes is 1. The maximum atomic E-state index is 14.8. The molecule has 0 radical (unpaired) electrons. The highest BCUT2D eigenvalue weighted by Crippen LogP contribution is 2.59. The van der Waals surface area contributed by atoms with E-state index in [1.165, 1.54) is 20.8 Å². The van der Waals surface area contributed by atoms with Crippen molar-refractivity contribution in [1.82, 2.24) is 9.97 Å². The van der Waals surface area contributed by atoms with Gasteiger partial charge >= 0.3 is 7.60 Å². The van der Waals surface area contributed by atoms with Crippen molar-refractivity contribution in [3.63, 3.8) is 0 Å². The monoisotopic (exact) mass is 446 g/mol. The molecule has 1 aliphatic heterocycles. The van der Waals surface area contributed by atoms with Crippen molar-refractivity contribution in [2.75, 3.05) is 0 Å². The van der Waals surface area contributed by atoms with Gasteiger partial charge in [0.2, 0.25) is 0 Å². The Balaban J connectivity index is 2.27. The van der Waals surface area contributed by atoms with Crippen molar-refractivity contribution in [3.8, 4) is 12.3 Å². The lowest BCUT2D eigenvalue weighted by atomic mass is 9.92. The lowest BCUT2D eigenvalue weighted by Gasteiger charge is -2.37. The summed E-state index contributed by atoms with van der Waals surface area (Å²) in [6.45, 7) is 5.94.